The van der Waals surface area contributed by atoms with Crippen molar-refractivity contribution in [1.29, 1.82) is 0 Å². The number of ketones is 1. The number of carbonyl (C=O) groups excluding carboxylic acids is 1. The highest BCUT2D eigenvalue weighted by Gasteiger charge is 2.32. The van der Waals surface area contributed by atoms with E-state index in [2.05, 4.69) is 5.32 Å². The van der Waals surface area contributed by atoms with Crippen LogP contribution in [0, 0.1) is 5.92 Å². The fourth-order valence-electron chi connectivity index (χ4n) is 2.83. The van der Waals surface area contributed by atoms with Crippen LogP contribution < -0.4 is 5.32 Å². The third kappa shape index (κ3) is 3.46. The number of carbonyl (C=O) groups is 1. The lowest BCUT2D eigenvalue weighted by Gasteiger charge is -2.28. The van der Waals surface area contributed by atoms with Crippen molar-refractivity contribution in [2.24, 2.45) is 5.92 Å². The minimum atomic E-state index is -4.32. The van der Waals surface area contributed by atoms with Gasteiger partial charge in [-0.2, -0.15) is 13.2 Å². The summed E-state index contributed by atoms with van der Waals surface area (Å²) in [4.78, 5) is 12.1. The van der Waals surface area contributed by atoms with Gasteiger partial charge < -0.3 is 5.32 Å². The predicted octanol–water partition coefficient (Wildman–Crippen LogP) is 3.89. The van der Waals surface area contributed by atoms with Crippen LogP contribution >= 0.6 is 0 Å². The van der Waals surface area contributed by atoms with E-state index in [1.807, 2.05) is 6.92 Å². The van der Waals surface area contributed by atoms with E-state index in [1.165, 1.54) is 12.1 Å². The number of hydrogen-bond acceptors (Lipinski definition) is 2. The molecular weight excluding hydrogens is 279 g/mol. The molecule has 114 valence electrons. The van der Waals surface area contributed by atoms with E-state index in [-0.39, 0.29) is 17.6 Å². The molecule has 1 aromatic rings. The first-order valence-electron chi connectivity index (χ1n) is 6.90. The lowest BCUT2D eigenvalue weighted by atomic mass is 9.75. The highest BCUT2D eigenvalue weighted by molar-refractivity contribution is 5.97. The predicted molar refractivity (Wildman–Crippen MR) is 74.7 cm³/mol. The second-order valence-electron chi connectivity index (χ2n) is 5.47. The summed E-state index contributed by atoms with van der Waals surface area (Å²) in [5.74, 6) is 0.155. The Balaban J connectivity index is 2.17. The van der Waals surface area contributed by atoms with Gasteiger partial charge in [-0.3, -0.25) is 4.79 Å². The molecule has 0 amide bonds. The molecule has 1 saturated carbocycles. The van der Waals surface area contributed by atoms with Gasteiger partial charge in [-0.1, -0.05) is 19.1 Å². The SMILES string of the molecule is CN/C=C1\C(=O)CC(c2ccc(C(F)(F)F)cc2)CC1C. The first kappa shape index (κ1) is 15.6. The van der Waals surface area contributed by atoms with Crippen LogP contribution in [0.3, 0.4) is 0 Å². The number of benzene rings is 1. The summed E-state index contributed by atoms with van der Waals surface area (Å²) in [6.45, 7) is 1.97. The van der Waals surface area contributed by atoms with Crippen LogP contribution in [0.5, 0.6) is 0 Å². The summed E-state index contributed by atoms with van der Waals surface area (Å²) < 4.78 is 37.7. The van der Waals surface area contributed by atoms with E-state index in [4.69, 9.17) is 0 Å². The van der Waals surface area contributed by atoms with Gasteiger partial charge in [0.2, 0.25) is 0 Å². The van der Waals surface area contributed by atoms with Gasteiger partial charge in [0.05, 0.1) is 5.56 Å². The minimum absolute atomic E-state index is 0.0104. The molecule has 5 heteroatoms. The summed E-state index contributed by atoms with van der Waals surface area (Å²) in [6.07, 6.45) is -1.49. The maximum atomic E-state index is 12.6. The first-order chi connectivity index (χ1) is 9.82. The van der Waals surface area contributed by atoms with E-state index in [0.29, 0.717) is 6.42 Å². The number of nitrogens with one attached hydrogen (secondary N) is 1. The zero-order valence-corrected chi connectivity index (χ0v) is 12.0. The lowest BCUT2D eigenvalue weighted by molar-refractivity contribution is -0.137. The Kier molecular flexibility index (Phi) is 4.40. The Bertz CT molecular complexity index is 546. The summed E-state index contributed by atoms with van der Waals surface area (Å²) >= 11 is 0. The maximum Gasteiger partial charge on any atom is 0.416 e. The molecule has 1 N–H and O–H groups in total. The fraction of sp³-hybridized carbons (Fsp3) is 0.438. The molecule has 0 radical (unpaired) electrons. The molecule has 0 saturated heterocycles. The largest absolute Gasteiger partial charge is 0.416 e. The quantitative estimate of drug-likeness (QED) is 0.839. The van der Waals surface area contributed by atoms with E-state index < -0.39 is 11.7 Å². The third-order valence-corrected chi connectivity index (χ3v) is 3.93. The van der Waals surface area contributed by atoms with Crippen molar-refractivity contribution in [2.75, 3.05) is 7.05 Å². The molecule has 2 atom stereocenters. The lowest BCUT2D eigenvalue weighted by Crippen LogP contribution is -2.24. The Morgan fingerprint density at radius 1 is 1.24 bits per heavy atom. The van der Waals surface area contributed by atoms with Gasteiger partial charge in [0, 0.05) is 25.2 Å². The molecule has 0 spiro atoms. The topological polar surface area (TPSA) is 29.1 Å². The smallest absolute Gasteiger partial charge is 0.394 e. The number of alkyl halides is 3. The van der Waals surface area contributed by atoms with Gasteiger partial charge in [-0.25, -0.2) is 0 Å². The standard InChI is InChI=1S/C16H18F3NO/c1-10-7-12(8-15(21)14(10)9-20-2)11-3-5-13(6-4-11)16(17,18)19/h3-6,9-10,12,20H,7-8H2,1-2H3/b14-9-. The van der Waals surface area contributed by atoms with Crippen molar-refractivity contribution < 1.29 is 18.0 Å². The normalized spacial score (nSPS) is 25.2. The molecule has 0 bridgehead atoms. The Morgan fingerprint density at radius 2 is 1.86 bits per heavy atom. The Morgan fingerprint density at radius 3 is 2.33 bits per heavy atom. The van der Waals surface area contributed by atoms with Crippen molar-refractivity contribution in [1.82, 2.24) is 5.32 Å². The molecule has 0 heterocycles. The molecule has 0 aromatic heterocycles. The molecule has 2 rings (SSSR count). The highest BCUT2D eigenvalue weighted by Crippen LogP contribution is 2.38. The van der Waals surface area contributed by atoms with Gasteiger partial charge >= 0.3 is 6.18 Å². The van der Waals surface area contributed by atoms with E-state index >= 15 is 0 Å². The number of hydrogen-bond donors (Lipinski definition) is 1. The average Bonchev–Trinajstić information content (AvgIpc) is 2.42. The van der Waals surface area contributed by atoms with E-state index in [9.17, 15) is 18.0 Å². The molecule has 2 nitrogen and oxygen atoms in total. The zero-order valence-electron chi connectivity index (χ0n) is 12.0. The van der Waals surface area contributed by atoms with Gasteiger partial charge in [0.15, 0.2) is 5.78 Å². The number of allylic oxidation sites excluding steroid dienone is 1. The van der Waals surface area contributed by atoms with E-state index in [1.54, 1.807) is 13.2 Å². The van der Waals surface area contributed by atoms with Crippen LogP contribution in [0.25, 0.3) is 0 Å². The summed E-state index contributed by atoms with van der Waals surface area (Å²) in [5.41, 5.74) is 0.907. The summed E-state index contributed by atoms with van der Waals surface area (Å²) in [7, 11) is 1.74. The Labute approximate surface area is 122 Å². The number of Topliss-reactive ketones (excluding diaryl/α,β-unsaturated/α-hetero) is 1. The van der Waals surface area contributed by atoms with Crippen LogP contribution in [-0.2, 0) is 11.0 Å². The van der Waals surface area contributed by atoms with Crippen LogP contribution in [0.2, 0.25) is 0 Å². The second kappa shape index (κ2) is 5.92. The van der Waals surface area contributed by atoms with Gasteiger partial charge in [0.1, 0.15) is 0 Å². The molecular formula is C16H18F3NO. The van der Waals surface area contributed by atoms with Crippen molar-refractivity contribution in [3.63, 3.8) is 0 Å². The average molecular weight is 297 g/mol. The molecule has 21 heavy (non-hydrogen) atoms. The highest BCUT2D eigenvalue weighted by atomic mass is 19.4. The van der Waals surface area contributed by atoms with Gasteiger partial charge in [0.25, 0.3) is 0 Å². The molecule has 1 aromatic carbocycles. The third-order valence-electron chi connectivity index (χ3n) is 3.93. The molecule has 1 fully saturated rings. The summed E-state index contributed by atoms with van der Waals surface area (Å²) in [5, 5.41) is 2.87. The van der Waals surface area contributed by atoms with Crippen molar-refractivity contribution in [3.05, 3.63) is 47.2 Å². The zero-order chi connectivity index (χ0) is 15.6. The van der Waals surface area contributed by atoms with E-state index in [0.717, 1.165) is 29.7 Å². The minimum Gasteiger partial charge on any atom is -0.394 e. The van der Waals surface area contributed by atoms with Crippen LogP contribution in [0.4, 0.5) is 13.2 Å². The first-order valence-corrected chi connectivity index (χ1v) is 6.90. The van der Waals surface area contributed by atoms with Crippen molar-refractivity contribution in [3.8, 4) is 0 Å². The fourth-order valence-corrected chi connectivity index (χ4v) is 2.83. The number of rotatable bonds is 2. The molecule has 1 aliphatic rings. The van der Waals surface area contributed by atoms with Gasteiger partial charge in [-0.05, 0) is 36.0 Å². The Hall–Kier alpha value is -1.78. The van der Waals surface area contributed by atoms with Crippen LogP contribution in [-0.4, -0.2) is 12.8 Å². The van der Waals surface area contributed by atoms with Crippen molar-refractivity contribution in [2.45, 2.75) is 31.9 Å². The van der Waals surface area contributed by atoms with Crippen LogP contribution in [0.15, 0.2) is 36.0 Å². The molecule has 1 aliphatic carbocycles. The van der Waals surface area contributed by atoms with Gasteiger partial charge in [-0.15, -0.1) is 0 Å². The maximum absolute atomic E-state index is 12.6. The number of halogens is 3. The van der Waals surface area contributed by atoms with Crippen molar-refractivity contribution >= 4 is 5.78 Å². The molecule has 0 aliphatic heterocycles. The van der Waals surface area contributed by atoms with Crippen LogP contribution in [0.1, 0.15) is 36.8 Å². The molecule has 2 unspecified atom stereocenters. The summed E-state index contributed by atoms with van der Waals surface area (Å²) in [6, 6.07) is 5.15. The second-order valence-corrected chi connectivity index (χ2v) is 5.47. The monoisotopic (exact) mass is 297 g/mol.